The summed E-state index contributed by atoms with van der Waals surface area (Å²) in [6.45, 7) is 12.6. The van der Waals surface area contributed by atoms with Crippen molar-refractivity contribution in [3.63, 3.8) is 0 Å². The third-order valence-electron chi connectivity index (χ3n) is 13.4. The molecule has 3 unspecified atom stereocenters. The van der Waals surface area contributed by atoms with Gasteiger partial charge in [-0.05, 0) is 100 Å². The number of unbranched alkanes of at least 4 members (excludes halogenated alkanes) is 10. The third-order valence-corrected chi connectivity index (χ3v) is 13.4. The molecular weight excluding hydrogens is 639 g/mol. The van der Waals surface area contributed by atoms with Gasteiger partial charge in [0.1, 0.15) is 18.8 Å². The molecule has 4 rings (SSSR count). The Kier molecular flexibility index (Phi) is 18.3. The van der Waals surface area contributed by atoms with Gasteiger partial charge in [0.15, 0.2) is 0 Å². The molecule has 4 aliphatic rings. The molecule has 8 heteroatoms. The molecule has 0 radical (unpaired) electrons. The monoisotopic (exact) mass is 713 g/mol. The Bertz CT molecular complexity index is 1090. The Morgan fingerprint density at radius 1 is 0.961 bits per heavy atom. The predicted molar refractivity (Wildman–Crippen MR) is 208 cm³/mol. The molecule has 0 amide bonds. The van der Waals surface area contributed by atoms with E-state index in [1.54, 1.807) is 13.6 Å². The molecule has 3 saturated carbocycles. The maximum atomic E-state index is 12.8. The van der Waals surface area contributed by atoms with Crippen LogP contribution >= 0.6 is 0 Å². The standard InChI is InChI=1S/C43H73BO7/c1-5-7-8-17-20-41(45)51-40-24-23-38-37-22-21-33-30-35(25-27-42(33,3)39(37)26-28-43(38,40)4)50-34(6-2)19-16-14-12-10-9-11-13-15-18-29-47-36(31-48-44)32-49-46/h6,16,19,30,34-40,46H,2,5,7-15,17-18,20-29,31-32,44H2,1,3-4H3/b19-16-/t34?,35?,36?,37-,38-,39-,40-,42-,43-/m0/s1. The van der Waals surface area contributed by atoms with Crippen LogP contribution in [0.5, 0.6) is 0 Å². The van der Waals surface area contributed by atoms with Gasteiger partial charge in [-0.3, -0.25) is 10.1 Å². The lowest BCUT2D eigenvalue weighted by atomic mass is 9.47. The topological polar surface area (TPSA) is 83.5 Å². The zero-order valence-electron chi connectivity index (χ0n) is 32.9. The van der Waals surface area contributed by atoms with E-state index >= 15 is 0 Å². The Balaban J connectivity index is 1.14. The lowest BCUT2D eigenvalue weighted by Crippen LogP contribution is -2.52. The van der Waals surface area contributed by atoms with Crippen LogP contribution in [0, 0.1) is 28.6 Å². The van der Waals surface area contributed by atoms with Crippen molar-refractivity contribution in [2.75, 3.05) is 19.8 Å². The first kappa shape index (κ1) is 42.3. The molecule has 9 atom stereocenters. The smallest absolute Gasteiger partial charge is 0.306 e. The van der Waals surface area contributed by atoms with Crippen molar-refractivity contribution in [2.45, 2.75) is 180 Å². The number of hydrogen-bond acceptors (Lipinski definition) is 7. The normalized spacial score (nSPS) is 31.4. The first-order chi connectivity index (χ1) is 24.8. The van der Waals surface area contributed by atoms with Crippen molar-refractivity contribution in [1.29, 1.82) is 0 Å². The van der Waals surface area contributed by atoms with Crippen LogP contribution in [0.1, 0.15) is 156 Å². The van der Waals surface area contributed by atoms with Crippen molar-refractivity contribution in [3.05, 3.63) is 36.5 Å². The number of carbonyl (C=O) groups excluding carboxylic acids is 1. The molecular formula is C43H73BO7. The Labute approximate surface area is 312 Å². The van der Waals surface area contributed by atoms with Gasteiger partial charge in [0, 0.05) is 18.4 Å². The fourth-order valence-electron chi connectivity index (χ4n) is 10.4. The van der Waals surface area contributed by atoms with Crippen LogP contribution in [0.15, 0.2) is 36.5 Å². The number of ether oxygens (including phenoxy) is 3. The number of hydrogen-bond donors (Lipinski definition) is 1. The number of allylic oxidation sites excluding steroid dienone is 2. The van der Waals surface area contributed by atoms with Crippen LogP contribution in [0.3, 0.4) is 0 Å². The summed E-state index contributed by atoms with van der Waals surface area (Å²) in [7, 11) is 1.62. The van der Waals surface area contributed by atoms with Gasteiger partial charge in [-0.2, -0.15) is 0 Å². The van der Waals surface area contributed by atoms with E-state index < -0.39 is 0 Å². The minimum absolute atomic E-state index is 0.0393. The van der Waals surface area contributed by atoms with Gasteiger partial charge < -0.3 is 18.9 Å². The minimum Gasteiger partial charge on any atom is -0.462 e. The largest absolute Gasteiger partial charge is 0.462 e. The highest BCUT2D eigenvalue weighted by atomic mass is 17.1. The molecule has 0 heterocycles. The molecule has 0 bridgehead atoms. The fraction of sp³-hybridized carbons (Fsp3) is 0.837. The van der Waals surface area contributed by atoms with Crippen molar-refractivity contribution < 1.29 is 33.8 Å². The van der Waals surface area contributed by atoms with Crippen molar-refractivity contribution >= 4 is 14.0 Å². The Morgan fingerprint density at radius 2 is 1.73 bits per heavy atom. The zero-order chi connectivity index (χ0) is 36.5. The van der Waals surface area contributed by atoms with Gasteiger partial charge in [0.2, 0.25) is 0 Å². The SMILES string of the molecule is BOCC(COO)OCCCCCCCCC/C=C\C(C=C)OC1C=C2CC[C@H]3[C@@H]4CC[C@H](OC(=O)CCCCCC)[C@@]4(C)CC[C@@H]3[C@@]2(C)CC1. The summed E-state index contributed by atoms with van der Waals surface area (Å²) in [5.74, 6) is 2.19. The molecule has 51 heavy (non-hydrogen) atoms. The molecule has 290 valence electrons. The van der Waals surface area contributed by atoms with Crippen LogP contribution in [0.25, 0.3) is 0 Å². The van der Waals surface area contributed by atoms with E-state index in [0.717, 1.165) is 56.8 Å². The summed E-state index contributed by atoms with van der Waals surface area (Å²) in [6.07, 6.45) is 33.0. The first-order valence-corrected chi connectivity index (χ1v) is 21.0. The number of fused-ring (bicyclic) bond motifs is 5. The van der Waals surface area contributed by atoms with Gasteiger partial charge in [-0.1, -0.05) is 102 Å². The second-order valence-corrected chi connectivity index (χ2v) is 16.8. The van der Waals surface area contributed by atoms with Gasteiger partial charge in [-0.15, -0.1) is 6.58 Å². The van der Waals surface area contributed by atoms with Crippen LogP contribution < -0.4 is 0 Å². The number of esters is 1. The van der Waals surface area contributed by atoms with Crippen LogP contribution in [0.2, 0.25) is 0 Å². The van der Waals surface area contributed by atoms with Crippen LogP contribution in [-0.4, -0.2) is 63.5 Å². The second-order valence-electron chi connectivity index (χ2n) is 16.8. The zero-order valence-corrected chi connectivity index (χ0v) is 32.9. The summed E-state index contributed by atoms with van der Waals surface area (Å²) in [4.78, 5) is 17.0. The van der Waals surface area contributed by atoms with Gasteiger partial charge >= 0.3 is 5.97 Å². The van der Waals surface area contributed by atoms with Crippen LogP contribution in [-0.2, 0) is 28.5 Å². The molecule has 0 aromatic heterocycles. The van der Waals surface area contributed by atoms with E-state index in [0.29, 0.717) is 25.6 Å². The van der Waals surface area contributed by atoms with Gasteiger partial charge in [0.25, 0.3) is 8.05 Å². The predicted octanol–water partition coefficient (Wildman–Crippen LogP) is 9.89. The molecule has 0 aliphatic heterocycles. The van der Waals surface area contributed by atoms with E-state index in [9.17, 15) is 4.79 Å². The van der Waals surface area contributed by atoms with Gasteiger partial charge in [0.05, 0.1) is 18.8 Å². The van der Waals surface area contributed by atoms with E-state index in [4.69, 9.17) is 24.1 Å². The quantitative estimate of drug-likeness (QED) is 0.0252. The van der Waals surface area contributed by atoms with Crippen molar-refractivity contribution in [1.82, 2.24) is 0 Å². The minimum atomic E-state index is -0.208. The van der Waals surface area contributed by atoms with E-state index in [1.807, 2.05) is 6.08 Å². The highest BCUT2D eigenvalue weighted by Gasteiger charge is 2.60. The lowest BCUT2D eigenvalue weighted by molar-refractivity contribution is -0.262. The first-order valence-electron chi connectivity index (χ1n) is 21.0. The van der Waals surface area contributed by atoms with Crippen LogP contribution in [0.4, 0.5) is 0 Å². The van der Waals surface area contributed by atoms with Crippen molar-refractivity contribution in [3.8, 4) is 0 Å². The maximum absolute atomic E-state index is 12.8. The summed E-state index contributed by atoms with van der Waals surface area (Å²) in [5.41, 5.74) is 2.06. The molecule has 3 fully saturated rings. The summed E-state index contributed by atoms with van der Waals surface area (Å²) in [5, 5.41) is 8.62. The van der Waals surface area contributed by atoms with E-state index in [-0.39, 0.29) is 47.8 Å². The highest BCUT2D eigenvalue weighted by Crippen LogP contribution is 2.66. The average Bonchev–Trinajstić information content (AvgIpc) is 3.45. The molecule has 0 aromatic rings. The molecule has 1 N–H and O–H groups in total. The number of carbonyl (C=O) groups is 1. The van der Waals surface area contributed by atoms with E-state index in [2.05, 4.69) is 50.5 Å². The molecule has 4 aliphatic carbocycles. The van der Waals surface area contributed by atoms with Gasteiger partial charge in [-0.25, -0.2) is 4.89 Å². The molecule has 0 aromatic carbocycles. The van der Waals surface area contributed by atoms with E-state index in [1.165, 1.54) is 83.5 Å². The average molecular weight is 713 g/mol. The molecule has 0 spiro atoms. The Hall–Kier alpha value is -1.45. The highest BCUT2D eigenvalue weighted by molar-refractivity contribution is 5.97. The third kappa shape index (κ3) is 12.0. The number of rotatable bonds is 25. The maximum Gasteiger partial charge on any atom is 0.306 e. The lowest BCUT2D eigenvalue weighted by Gasteiger charge is -2.58. The molecule has 7 nitrogen and oxygen atoms in total. The fourth-order valence-corrected chi connectivity index (χ4v) is 10.4. The summed E-state index contributed by atoms with van der Waals surface area (Å²) >= 11 is 0. The summed E-state index contributed by atoms with van der Waals surface area (Å²) < 4.78 is 23.6. The Morgan fingerprint density at radius 3 is 2.47 bits per heavy atom. The molecule has 0 saturated heterocycles. The van der Waals surface area contributed by atoms with Crippen molar-refractivity contribution in [2.24, 2.45) is 28.6 Å². The second kappa shape index (κ2) is 22.1. The summed E-state index contributed by atoms with van der Waals surface area (Å²) in [6, 6.07) is 0.